The van der Waals surface area contributed by atoms with Gasteiger partial charge in [0.25, 0.3) is 0 Å². The molecule has 2 aliphatic heterocycles. The van der Waals surface area contributed by atoms with Crippen molar-refractivity contribution in [2.24, 2.45) is 0 Å². The predicted molar refractivity (Wildman–Crippen MR) is 143 cm³/mol. The van der Waals surface area contributed by atoms with E-state index >= 15 is 0 Å². The van der Waals surface area contributed by atoms with Crippen molar-refractivity contribution in [1.82, 2.24) is 29.7 Å². The number of hydrogen-bond acceptors (Lipinski definition) is 11. The van der Waals surface area contributed by atoms with E-state index in [4.69, 9.17) is 25.0 Å². The Labute approximate surface area is 224 Å². The lowest BCUT2D eigenvalue weighted by Gasteiger charge is -2.29. The van der Waals surface area contributed by atoms with Crippen molar-refractivity contribution in [1.29, 1.82) is 0 Å². The fourth-order valence-corrected chi connectivity index (χ4v) is 4.68. The second kappa shape index (κ2) is 14.6. The summed E-state index contributed by atoms with van der Waals surface area (Å²) >= 11 is 0. The molecule has 6 N–H and O–H groups in total. The van der Waals surface area contributed by atoms with E-state index in [2.05, 4.69) is 75.8 Å². The second-order valence-corrected chi connectivity index (χ2v) is 10.1. The molecule has 0 unspecified atom stereocenters. The Kier molecular flexibility index (Phi) is 12.5. The number of phosphoric acid groups is 1. The molecule has 15 heteroatoms. The maximum Gasteiger partial charge on any atom is 0.469 e. The van der Waals surface area contributed by atoms with Crippen LogP contribution in [-0.4, -0.2) is 115 Å². The van der Waals surface area contributed by atoms with E-state index in [0.29, 0.717) is 17.0 Å². The highest BCUT2D eigenvalue weighted by Crippen LogP contribution is 2.49. The third-order valence-corrected chi connectivity index (χ3v) is 7.26. The van der Waals surface area contributed by atoms with Crippen molar-refractivity contribution in [3.8, 4) is 0 Å². The Morgan fingerprint density at radius 1 is 1.08 bits per heavy atom. The monoisotopic (exact) mass is 561 g/mol. The molecule has 0 aliphatic carbocycles. The first-order valence-corrected chi connectivity index (χ1v) is 14.6. The minimum atomic E-state index is -4.71. The number of aliphatic hydroxyl groups is 1. The predicted octanol–water partition coefficient (Wildman–Crippen LogP) is 1.31. The number of anilines is 1. The van der Waals surface area contributed by atoms with Gasteiger partial charge in [0, 0.05) is 0 Å². The Hall–Kier alpha value is -1.74. The summed E-state index contributed by atoms with van der Waals surface area (Å²) in [7, 11) is -4.71. The molecule has 2 bridgehead atoms. The van der Waals surface area contributed by atoms with Crippen LogP contribution in [0.3, 0.4) is 0 Å². The minimum absolute atomic E-state index is 0.0580. The van der Waals surface area contributed by atoms with Gasteiger partial charge in [-0.2, -0.15) is 0 Å². The molecule has 0 amide bonds. The second-order valence-electron chi connectivity index (χ2n) is 8.91. The molecule has 38 heavy (non-hydrogen) atoms. The maximum atomic E-state index is 10.9. The molecule has 2 fully saturated rings. The summed E-state index contributed by atoms with van der Waals surface area (Å²) in [6, 6.07) is 0. The number of H-pyrrole nitrogens is 1. The molecule has 0 aromatic carbocycles. The van der Waals surface area contributed by atoms with Crippen LogP contribution in [-0.2, 0) is 18.6 Å². The van der Waals surface area contributed by atoms with E-state index in [-0.39, 0.29) is 12.4 Å². The molecule has 4 heterocycles. The van der Waals surface area contributed by atoms with Crippen molar-refractivity contribution in [3.05, 3.63) is 12.2 Å². The first-order valence-electron chi connectivity index (χ1n) is 13.1. The van der Waals surface area contributed by atoms with Crippen LogP contribution in [0.2, 0.25) is 0 Å². The number of aromatic nitrogens is 4. The quantitative estimate of drug-likeness (QED) is 0.261. The largest absolute Gasteiger partial charge is 0.469 e. The average molecular weight is 562 g/mol. The molecule has 2 aromatic rings. The third kappa shape index (κ3) is 8.13. The molecular formula is C23H44N7O7P. The van der Waals surface area contributed by atoms with Gasteiger partial charge < -0.3 is 44.9 Å². The lowest BCUT2D eigenvalue weighted by molar-refractivity contribution is -0.163. The zero-order chi connectivity index (χ0) is 28.5. The van der Waals surface area contributed by atoms with Crippen molar-refractivity contribution in [2.45, 2.75) is 65.5 Å². The number of phosphoric ester groups is 1. The van der Waals surface area contributed by atoms with Crippen molar-refractivity contribution in [3.63, 3.8) is 0 Å². The molecule has 4 atom stereocenters. The first kappa shape index (κ1) is 32.5. The number of aromatic amines is 1. The standard InChI is InChI=1S/C11H14N5O7P.2C6H15N/c12-8-4-9(14-3-13-8)16-10(15-4)6-5-7(17)11(23-6,1-21-5)2-22-24(18,19)20;2*1-4-7(5-2)6-3/h3,5-7,17H,1-2H2,(H2,18,19,20)(H3,12,13,14,15,16);2*4-6H2,1-3H3/t5-,6+,7+,11-;;/m1../s1. The van der Waals surface area contributed by atoms with Crippen LogP contribution in [0, 0.1) is 0 Å². The Morgan fingerprint density at radius 3 is 2.08 bits per heavy atom. The maximum absolute atomic E-state index is 10.9. The Balaban J connectivity index is 0.000000301. The van der Waals surface area contributed by atoms with Crippen LogP contribution < -0.4 is 5.73 Å². The molecule has 218 valence electrons. The molecule has 14 nitrogen and oxygen atoms in total. The van der Waals surface area contributed by atoms with Gasteiger partial charge in [0.2, 0.25) is 0 Å². The van der Waals surface area contributed by atoms with Gasteiger partial charge in [-0.1, -0.05) is 41.5 Å². The SMILES string of the molecule is CCN(CC)CC.CCN(CC)CC.Nc1ncnc2nc([C@H]3O[C@@]4(COP(=O)(O)O)CO[C@H]3[C@@H]4O)[nH]c12. The van der Waals surface area contributed by atoms with E-state index in [0.717, 1.165) is 0 Å². The molecule has 2 aliphatic rings. The molecule has 0 spiro atoms. The fraction of sp³-hybridized carbons (Fsp3) is 0.783. The zero-order valence-corrected chi connectivity index (χ0v) is 24.1. The summed E-state index contributed by atoms with van der Waals surface area (Å²) in [6.07, 6.45) is -1.42. The number of fused-ring (bicyclic) bond motifs is 3. The molecule has 0 saturated carbocycles. The molecule has 4 rings (SSSR count). The Morgan fingerprint density at radius 2 is 1.63 bits per heavy atom. The van der Waals surface area contributed by atoms with Crippen molar-refractivity contribution < 1.29 is 33.5 Å². The summed E-state index contributed by atoms with van der Waals surface area (Å²) in [5.41, 5.74) is 5.12. The molecular weight excluding hydrogens is 517 g/mol. The van der Waals surface area contributed by atoms with Crippen molar-refractivity contribution >= 4 is 24.8 Å². The van der Waals surface area contributed by atoms with Crippen LogP contribution in [0.25, 0.3) is 11.2 Å². The van der Waals surface area contributed by atoms with Gasteiger partial charge in [-0.3, -0.25) is 4.52 Å². The highest BCUT2D eigenvalue weighted by atomic mass is 31.2. The number of rotatable bonds is 10. The third-order valence-electron chi connectivity index (χ3n) is 6.80. The number of nitrogens with zero attached hydrogens (tertiary/aromatic N) is 5. The van der Waals surface area contributed by atoms with Crippen LogP contribution in [0.4, 0.5) is 5.82 Å². The summed E-state index contributed by atoms with van der Waals surface area (Å²) in [5, 5.41) is 10.4. The number of imidazole rings is 1. The first-order chi connectivity index (χ1) is 18.0. The molecule has 2 aromatic heterocycles. The number of nitrogen functional groups attached to an aromatic ring is 1. The highest BCUT2D eigenvalue weighted by molar-refractivity contribution is 7.46. The lowest BCUT2D eigenvalue weighted by atomic mass is 10.00. The van der Waals surface area contributed by atoms with Crippen LogP contribution in [0.1, 0.15) is 53.5 Å². The number of ether oxygens (including phenoxy) is 2. The lowest BCUT2D eigenvalue weighted by Crippen LogP contribution is -2.44. The van der Waals surface area contributed by atoms with Gasteiger partial charge in [0.1, 0.15) is 41.6 Å². The summed E-state index contributed by atoms with van der Waals surface area (Å²) in [4.78, 5) is 37.5. The van der Waals surface area contributed by atoms with E-state index in [1.54, 1.807) is 0 Å². The van der Waals surface area contributed by atoms with E-state index in [1.165, 1.54) is 45.6 Å². The smallest absolute Gasteiger partial charge is 0.387 e. The van der Waals surface area contributed by atoms with Crippen molar-refractivity contribution in [2.75, 3.05) is 58.2 Å². The number of aliphatic hydroxyl groups excluding tert-OH is 1. The summed E-state index contributed by atoms with van der Waals surface area (Å²) < 4.78 is 26.7. The summed E-state index contributed by atoms with van der Waals surface area (Å²) in [5.74, 6) is 0.530. The fourth-order valence-electron chi connectivity index (χ4n) is 4.30. The van der Waals surface area contributed by atoms with Gasteiger partial charge in [-0.25, -0.2) is 19.5 Å². The zero-order valence-electron chi connectivity index (χ0n) is 23.2. The van der Waals surface area contributed by atoms with E-state index < -0.39 is 38.3 Å². The summed E-state index contributed by atoms with van der Waals surface area (Å²) in [6.45, 7) is 19.7. The van der Waals surface area contributed by atoms with E-state index in [9.17, 15) is 9.67 Å². The van der Waals surface area contributed by atoms with Crippen LogP contribution in [0.5, 0.6) is 0 Å². The average Bonchev–Trinajstić information content (AvgIpc) is 3.56. The highest BCUT2D eigenvalue weighted by Gasteiger charge is 2.62. The topological polar surface area (TPSA) is 192 Å². The number of nitrogens with one attached hydrogen (secondary N) is 1. The number of nitrogens with two attached hydrogens (primary N) is 1. The van der Waals surface area contributed by atoms with Gasteiger partial charge >= 0.3 is 7.82 Å². The van der Waals surface area contributed by atoms with Gasteiger partial charge in [-0.05, 0) is 39.3 Å². The van der Waals surface area contributed by atoms with Gasteiger partial charge in [0.05, 0.1) is 13.2 Å². The normalized spacial score (nSPS) is 24.4. The van der Waals surface area contributed by atoms with Gasteiger partial charge in [-0.15, -0.1) is 0 Å². The van der Waals surface area contributed by atoms with E-state index in [1.807, 2.05) is 0 Å². The van der Waals surface area contributed by atoms with Crippen LogP contribution >= 0.6 is 7.82 Å². The molecule has 2 saturated heterocycles. The Bertz CT molecular complexity index is 1010. The van der Waals surface area contributed by atoms with Crippen LogP contribution in [0.15, 0.2) is 6.33 Å². The number of hydrogen-bond donors (Lipinski definition) is 5. The minimum Gasteiger partial charge on any atom is -0.387 e. The molecule has 0 radical (unpaired) electrons. The van der Waals surface area contributed by atoms with Gasteiger partial charge in [0.15, 0.2) is 11.5 Å².